The van der Waals surface area contributed by atoms with Crippen LogP contribution in [0, 0.1) is 15.5 Å². The third-order valence-electron chi connectivity index (χ3n) is 3.66. The van der Waals surface area contributed by atoms with E-state index in [1.807, 2.05) is 0 Å². The molecular weight excluding hydrogens is 258 g/mol. The van der Waals surface area contributed by atoms with Crippen LogP contribution >= 0.6 is 0 Å². The van der Waals surface area contributed by atoms with Crippen LogP contribution in [0.2, 0.25) is 0 Å². The van der Waals surface area contributed by atoms with Crippen LogP contribution in [0.25, 0.3) is 0 Å². The second-order valence-electron chi connectivity index (χ2n) is 5.85. The zero-order valence-corrected chi connectivity index (χ0v) is 12.0. The Labute approximate surface area is 117 Å². The van der Waals surface area contributed by atoms with Crippen molar-refractivity contribution in [3.05, 3.63) is 33.9 Å². The average molecular weight is 277 g/mol. The standard InChI is InChI=1S/C14H19N3O3/c1-14(6-7-14)9-15-11-5-4-10(13(18)16(2)3)8-12(11)17(19)20/h4-5,8,15H,6-7,9H2,1-3H3. The Morgan fingerprint density at radius 3 is 2.60 bits per heavy atom. The van der Waals surface area contributed by atoms with E-state index in [-0.39, 0.29) is 17.0 Å². The van der Waals surface area contributed by atoms with E-state index in [0.717, 1.165) is 19.4 Å². The van der Waals surface area contributed by atoms with Crippen molar-refractivity contribution in [3.63, 3.8) is 0 Å². The number of amides is 1. The molecule has 0 aliphatic heterocycles. The fraction of sp³-hybridized carbons (Fsp3) is 0.500. The van der Waals surface area contributed by atoms with Gasteiger partial charge in [-0.25, -0.2) is 0 Å². The van der Waals surface area contributed by atoms with Crippen LogP contribution < -0.4 is 5.32 Å². The van der Waals surface area contributed by atoms with E-state index in [2.05, 4.69) is 12.2 Å². The fourth-order valence-electron chi connectivity index (χ4n) is 1.92. The predicted octanol–water partition coefficient (Wildman–Crippen LogP) is 2.51. The monoisotopic (exact) mass is 277 g/mol. The summed E-state index contributed by atoms with van der Waals surface area (Å²) in [6.45, 7) is 2.87. The summed E-state index contributed by atoms with van der Waals surface area (Å²) in [6.07, 6.45) is 2.29. The summed E-state index contributed by atoms with van der Waals surface area (Å²) in [6, 6.07) is 4.56. The molecule has 1 aromatic carbocycles. The minimum atomic E-state index is -0.454. The first kappa shape index (κ1) is 14.3. The third-order valence-corrected chi connectivity index (χ3v) is 3.66. The van der Waals surface area contributed by atoms with Crippen molar-refractivity contribution < 1.29 is 9.72 Å². The Morgan fingerprint density at radius 2 is 2.10 bits per heavy atom. The molecule has 2 rings (SSSR count). The van der Waals surface area contributed by atoms with Crippen LogP contribution in [-0.2, 0) is 0 Å². The van der Waals surface area contributed by atoms with Gasteiger partial charge in [-0.05, 0) is 30.4 Å². The Bertz CT molecular complexity index is 551. The van der Waals surface area contributed by atoms with E-state index in [0.29, 0.717) is 11.3 Å². The Hall–Kier alpha value is -2.11. The van der Waals surface area contributed by atoms with Crippen molar-refractivity contribution in [3.8, 4) is 0 Å². The highest BCUT2D eigenvalue weighted by atomic mass is 16.6. The number of nitrogens with zero attached hydrogens (tertiary/aromatic N) is 2. The summed E-state index contributed by atoms with van der Waals surface area (Å²) in [4.78, 5) is 23.9. The predicted molar refractivity (Wildman–Crippen MR) is 76.9 cm³/mol. The van der Waals surface area contributed by atoms with Gasteiger partial charge < -0.3 is 10.2 Å². The van der Waals surface area contributed by atoms with Crippen molar-refractivity contribution in [1.82, 2.24) is 4.90 Å². The lowest BCUT2D eigenvalue weighted by Crippen LogP contribution is -2.22. The molecule has 6 nitrogen and oxygen atoms in total. The molecule has 0 bridgehead atoms. The molecule has 20 heavy (non-hydrogen) atoms. The Kier molecular flexibility index (Phi) is 3.65. The zero-order chi connectivity index (χ0) is 14.9. The quantitative estimate of drug-likeness (QED) is 0.662. The largest absolute Gasteiger partial charge is 0.379 e. The molecule has 1 fully saturated rings. The van der Waals surface area contributed by atoms with Gasteiger partial charge >= 0.3 is 0 Å². The van der Waals surface area contributed by atoms with Gasteiger partial charge in [0.05, 0.1) is 4.92 Å². The highest BCUT2D eigenvalue weighted by Gasteiger charge is 2.37. The van der Waals surface area contributed by atoms with Gasteiger partial charge in [0.25, 0.3) is 11.6 Å². The number of hydrogen-bond donors (Lipinski definition) is 1. The molecule has 0 atom stereocenters. The smallest absolute Gasteiger partial charge is 0.293 e. The molecule has 0 spiro atoms. The maximum Gasteiger partial charge on any atom is 0.293 e. The van der Waals surface area contributed by atoms with Crippen LogP contribution in [0.3, 0.4) is 0 Å². The Morgan fingerprint density at radius 1 is 1.45 bits per heavy atom. The number of carbonyl (C=O) groups is 1. The van der Waals surface area contributed by atoms with Crippen molar-refractivity contribution in [2.24, 2.45) is 5.41 Å². The Balaban J connectivity index is 2.23. The van der Waals surface area contributed by atoms with Crippen molar-refractivity contribution in [2.75, 3.05) is 26.0 Å². The molecule has 6 heteroatoms. The third kappa shape index (κ3) is 3.07. The van der Waals surface area contributed by atoms with Gasteiger partial charge in [-0.3, -0.25) is 14.9 Å². The lowest BCUT2D eigenvalue weighted by Gasteiger charge is -2.13. The van der Waals surface area contributed by atoms with Gasteiger partial charge in [-0.2, -0.15) is 0 Å². The van der Waals surface area contributed by atoms with Crippen molar-refractivity contribution in [1.29, 1.82) is 0 Å². The molecule has 1 N–H and O–H groups in total. The lowest BCUT2D eigenvalue weighted by molar-refractivity contribution is -0.384. The van der Waals surface area contributed by atoms with Gasteiger partial charge in [0.1, 0.15) is 5.69 Å². The highest BCUT2D eigenvalue weighted by molar-refractivity contribution is 5.95. The first-order valence-electron chi connectivity index (χ1n) is 6.56. The SMILES string of the molecule is CN(C)C(=O)c1ccc(NCC2(C)CC2)c([N+](=O)[O-])c1. The molecule has 0 heterocycles. The molecule has 0 unspecified atom stereocenters. The summed E-state index contributed by atoms with van der Waals surface area (Å²) in [7, 11) is 3.24. The van der Waals surface area contributed by atoms with Gasteiger partial charge in [-0.15, -0.1) is 0 Å². The second kappa shape index (κ2) is 5.11. The van der Waals surface area contributed by atoms with Crippen LogP contribution in [0.15, 0.2) is 18.2 Å². The minimum absolute atomic E-state index is 0.0537. The van der Waals surface area contributed by atoms with Crippen LogP contribution in [0.4, 0.5) is 11.4 Å². The van der Waals surface area contributed by atoms with Gasteiger partial charge in [-0.1, -0.05) is 6.92 Å². The molecule has 0 saturated heterocycles. The van der Waals surface area contributed by atoms with E-state index < -0.39 is 4.92 Å². The summed E-state index contributed by atoms with van der Waals surface area (Å²) in [5.74, 6) is -0.242. The molecule has 1 aliphatic rings. The van der Waals surface area contributed by atoms with E-state index in [1.54, 1.807) is 26.2 Å². The minimum Gasteiger partial charge on any atom is -0.379 e. The second-order valence-corrected chi connectivity index (χ2v) is 5.85. The van der Waals surface area contributed by atoms with Gasteiger partial charge in [0.15, 0.2) is 0 Å². The van der Waals surface area contributed by atoms with Crippen LogP contribution in [0.1, 0.15) is 30.1 Å². The summed E-state index contributed by atoms with van der Waals surface area (Å²) in [5.41, 5.74) is 0.997. The van der Waals surface area contributed by atoms with E-state index >= 15 is 0 Å². The number of nitro benzene ring substituents is 1. The molecule has 1 saturated carbocycles. The number of nitrogens with one attached hydrogen (secondary N) is 1. The topological polar surface area (TPSA) is 75.5 Å². The molecular formula is C14H19N3O3. The number of nitro groups is 1. The van der Waals surface area contributed by atoms with Crippen molar-refractivity contribution >= 4 is 17.3 Å². The number of hydrogen-bond acceptors (Lipinski definition) is 4. The van der Waals surface area contributed by atoms with Crippen molar-refractivity contribution in [2.45, 2.75) is 19.8 Å². The van der Waals surface area contributed by atoms with Gasteiger partial charge in [0.2, 0.25) is 0 Å². The first-order chi connectivity index (χ1) is 9.32. The maximum absolute atomic E-state index is 11.8. The molecule has 1 amide bonds. The van der Waals surface area contributed by atoms with E-state index in [9.17, 15) is 14.9 Å². The number of anilines is 1. The van der Waals surface area contributed by atoms with Crippen LogP contribution in [-0.4, -0.2) is 36.4 Å². The summed E-state index contributed by atoms with van der Waals surface area (Å²) >= 11 is 0. The van der Waals surface area contributed by atoms with E-state index in [4.69, 9.17) is 0 Å². The molecule has 1 aromatic rings. The van der Waals surface area contributed by atoms with Crippen LogP contribution in [0.5, 0.6) is 0 Å². The fourth-order valence-corrected chi connectivity index (χ4v) is 1.92. The maximum atomic E-state index is 11.8. The van der Waals surface area contributed by atoms with E-state index in [1.165, 1.54) is 11.0 Å². The molecule has 1 aliphatic carbocycles. The summed E-state index contributed by atoms with van der Waals surface area (Å²) in [5, 5.41) is 14.3. The number of benzene rings is 1. The number of rotatable bonds is 5. The average Bonchev–Trinajstić information content (AvgIpc) is 3.13. The number of carbonyl (C=O) groups excluding carboxylic acids is 1. The first-order valence-corrected chi connectivity index (χ1v) is 6.56. The molecule has 0 radical (unpaired) electrons. The molecule has 108 valence electrons. The summed E-state index contributed by atoms with van der Waals surface area (Å²) < 4.78 is 0. The van der Waals surface area contributed by atoms with Gasteiger partial charge in [0, 0.05) is 32.3 Å². The normalized spacial score (nSPS) is 15.6. The zero-order valence-electron chi connectivity index (χ0n) is 12.0. The molecule has 0 aromatic heterocycles. The lowest BCUT2D eigenvalue weighted by atomic mass is 10.1. The highest BCUT2D eigenvalue weighted by Crippen LogP contribution is 2.45.